The van der Waals surface area contributed by atoms with Crippen LogP contribution in [0.3, 0.4) is 0 Å². The largest absolute Gasteiger partial charge is 0.497 e. The third-order valence-electron chi connectivity index (χ3n) is 4.78. The first-order valence-electron chi connectivity index (χ1n) is 9.21. The van der Waals surface area contributed by atoms with Gasteiger partial charge in [-0.05, 0) is 57.9 Å². The van der Waals surface area contributed by atoms with Gasteiger partial charge in [-0.15, -0.1) is 0 Å². The SMILES string of the molecule is CCOC(=O)C1CC(S(=O)(=O)c2ccc(OC)cc2)CCN1CC=C(C)C. The summed E-state index contributed by atoms with van der Waals surface area (Å²) in [5, 5.41) is -0.608. The molecule has 0 aliphatic carbocycles. The number of ether oxygens (including phenoxy) is 2. The lowest BCUT2D eigenvalue weighted by molar-refractivity contribution is -0.150. The van der Waals surface area contributed by atoms with E-state index in [-0.39, 0.29) is 23.9 Å². The summed E-state index contributed by atoms with van der Waals surface area (Å²) in [5.41, 5.74) is 1.16. The van der Waals surface area contributed by atoms with Crippen molar-refractivity contribution in [1.29, 1.82) is 0 Å². The van der Waals surface area contributed by atoms with Crippen molar-refractivity contribution in [3.63, 3.8) is 0 Å². The maximum absolute atomic E-state index is 13.1. The van der Waals surface area contributed by atoms with E-state index in [4.69, 9.17) is 9.47 Å². The molecule has 6 nitrogen and oxygen atoms in total. The van der Waals surface area contributed by atoms with Crippen LogP contribution in [0.2, 0.25) is 0 Å². The highest BCUT2D eigenvalue weighted by Gasteiger charge is 2.40. The molecule has 2 unspecified atom stereocenters. The summed E-state index contributed by atoms with van der Waals surface area (Å²) >= 11 is 0. The fraction of sp³-hybridized carbons (Fsp3) is 0.550. The summed E-state index contributed by atoms with van der Waals surface area (Å²) in [6.07, 6.45) is 2.77. The fourth-order valence-corrected chi connectivity index (χ4v) is 4.98. The Morgan fingerprint density at radius 1 is 1.26 bits per heavy atom. The molecule has 1 heterocycles. The number of nitrogens with zero attached hydrogens (tertiary/aromatic N) is 1. The molecule has 150 valence electrons. The zero-order valence-electron chi connectivity index (χ0n) is 16.5. The van der Waals surface area contributed by atoms with Crippen molar-refractivity contribution in [1.82, 2.24) is 4.90 Å². The fourth-order valence-electron chi connectivity index (χ4n) is 3.22. The predicted octanol–water partition coefficient (Wildman–Crippen LogP) is 2.83. The van der Waals surface area contributed by atoms with E-state index in [0.717, 1.165) is 5.57 Å². The van der Waals surface area contributed by atoms with Gasteiger partial charge in [-0.1, -0.05) is 11.6 Å². The molecule has 0 saturated carbocycles. The van der Waals surface area contributed by atoms with Gasteiger partial charge in [-0.2, -0.15) is 0 Å². The summed E-state index contributed by atoms with van der Waals surface area (Å²) < 4.78 is 36.4. The molecule has 0 spiro atoms. The number of rotatable bonds is 7. The Morgan fingerprint density at radius 3 is 2.48 bits per heavy atom. The average Bonchev–Trinajstić information content (AvgIpc) is 2.66. The molecule has 1 aromatic rings. The Kier molecular flexibility index (Phi) is 7.44. The van der Waals surface area contributed by atoms with Crippen LogP contribution in [0.1, 0.15) is 33.6 Å². The van der Waals surface area contributed by atoms with Crippen molar-refractivity contribution >= 4 is 15.8 Å². The minimum absolute atomic E-state index is 0.240. The predicted molar refractivity (Wildman–Crippen MR) is 105 cm³/mol. The number of hydrogen-bond donors (Lipinski definition) is 0. The molecule has 1 saturated heterocycles. The van der Waals surface area contributed by atoms with E-state index >= 15 is 0 Å². The van der Waals surface area contributed by atoms with Gasteiger partial charge in [0.05, 0.1) is 23.9 Å². The van der Waals surface area contributed by atoms with Gasteiger partial charge >= 0.3 is 5.97 Å². The van der Waals surface area contributed by atoms with Crippen molar-refractivity contribution in [2.45, 2.75) is 49.8 Å². The topological polar surface area (TPSA) is 72.9 Å². The van der Waals surface area contributed by atoms with E-state index in [0.29, 0.717) is 25.3 Å². The van der Waals surface area contributed by atoms with Gasteiger partial charge in [0.2, 0.25) is 0 Å². The molecule has 0 aromatic heterocycles. The lowest BCUT2D eigenvalue weighted by Gasteiger charge is -2.37. The summed E-state index contributed by atoms with van der Waals surface area (Å²) in [6.45, 7) is 7.18. The van der Waals surface area contributed by atoms with Crippen molar-refractivity contribution < 1.29 is 22.7 Å². The van der Waals surface area contributed by atoms with Crippen molar-refractivity contribution in [2.75, 3.05) is 26.8 Å². The first-order valence-corrected chi connectivity index (χ1v) is 10.8. The van der Waals surface area contributed by atoms with E-state index in [2.05, 4.69) is 0 Å². The molecule has 1 aliphatic heterocycles. The molecule has 27 heavy (non-hydrogen) atoms. The molecule has 0 radical (unpaired) electrons. The van der Waals surface area contributed by atoms with Crippen LogP contribution in [-0.4, -0.2) is 57.4 Å². The van der Waals surface area contributed by atoms with Gasteiger partial charge in [0.15, 0.2) is 9.84 Å². The Labute approximate surface area is 162 Å². The van der Waals surface area contributed by atoms with E-state index in [1.807, 2.05) is 24.8 Å². The van der Waals surface area contributed by atoms with E-state index in [1.54, 1.807) is 31.2 Å². The molecule has 1 aromatic carbocycles. The molecule has 0 N–H and O–H groups in total. The summed E-state index contributed by atoms with van der Waals surface area (Å²) in [5.74, 6) is 0.254. The summed E-state index contributed by atoms with van der Waals surface area (Å²) in [7, 11) is -1.99. The van der Waals surface area contributed by atoms with Gasteiger partial charge in [0.25, 0.3) is 0 Å². The molecule has 7 heteroatoms. The van der Waals surface area contributed by atoms with Gasteiger partial charge in [0, 0.05) is 13.1 Å². The lowest BCUT2D eigenvalue weighted by Crippen LogP contribution is -2.50. The highest BCUT2D eigenvalue weighted by molar-refractivity contribution is 7.92. The number of carbonyl (C=O) groups excluding carboxylic acids is 1. The molecular formula is C20H29NO5S. The van der Waals surface area contributed by atoms with Crippen LogP contribution in [0.4, 0.5) is 0 Å². The van der Waals surface area contributed by atoms with Gasteiger partial charge in [-0.25, -0.2) is 8.42 Å². The Morgan fingerprint density at radius 2 is 1.93 bits per heavy atom. The molecule has 2 rings (SSSR count). The maximum Gasteiger partial charge on any atom is 0.323 e. The highest BCUT2D eigenvalue weighted by Crippen LogP contribution is 2.29. The van der Waals surface area contributed by atoms with Crippen LogP contribution in [0.5, 0.6) is 5.75 Å². The highest BCUT2D eigenvalue weighted by atomic mass is 32.2. The molecular weight excluding hydrogens is 366 g/mol. The number of methoxy groups -OCH3 is 1. The Balaban J connectivity index is 2.23. The third kappa shape index (κ3) is 5.32. The van der Waals surface area contributed by atoms with Crippen molar-refractivity contribution in [3.8, 4) is 5.75 Å². The summed E-state index contributed by atoms with van der Waals surface area (Å²) in [6, 6.07) is 5.85. The number of sulfone groups is 1. The summed E-state index contributed by atoms with van der Waals surface area (Å²) in [4.78, 5) is 14.7. The number of carbonyl (C=O) groups is 1. The van der Waals surface area contributed by atoms with Crippen molar-refractivity contribution in [2.24, 2.45) is 0 Å². The Bertz CT molecular complexity index is 766. The van der Waals surface area contributed by atoms with E-state index in [9.17, 15) is 13.2 Å². The van der Waals surface area contributed by atoms with E-state index < -0.39 is 21.1 Å². The molecule has 0 bridgehead atoms. The van der Waals surface area contributed by atoms with Gasteiger partial charge in [0.1, 0.15) is 11.8 Å². The maximum atomic E-state index is 13.1. The number of benzene rings is 1. The minimum atomic E-state index is -3.53. The van der Waals surface area contributed by atoms with E-state index in [1.165, 1.54) is 7.11 Å². The zero-order chi connectivity index (χ0) is 20.0. The number of allylic oxidation sites excluding steroid dienone is 1. The van der Waals surface area contributed by atoms with Crippen LogP contribution in [0.15, 0.2) is 40.8 Å². The second kappa shape index (κ2) is 9.37. The second-order valence-electron chi connectivity index (χ2n) is 6.91. The number of likely N-dealkylation sites (tertiary alicyclic amines) is 1. The number of hydrogen-bond acceptors (Lipinski definition) is 6. The molecule has 0 amide bonds. The normalized spacial score (nSPS) is 20.7. The standard InChI is InChI=1S/C20H29NO5S/c1-5-26-20(22)19-14-18(11-13-21(19)12-10-15(2)3)27(23,24)17-8-6-16(25-4)7-9-17/h6-10,18-19H,5,11-14H2,1-4H3. The molecule has 2 atom stereocenters. The number of piperidine rings is 1. The Hall–Kier alpha value is -1.86. The van der Waals surface area contributed by atoms with Crippen LogP contribution in [0, 0.1) is 0 Å². The second-order valence-corrected chi connectivity index (χ2v) is 9.14. The van der Waals surface area contributed by atoms with Crippen LogP contribution in [-0.2, 0) is 19.4 Å². The lowest BCUT2D eigenvalue weighted by atomic mass is 10.0. The van der Waals surface area contributed by atoms with Crippen LogP contribution in [0.25, 0.3) is 0 Å². The minimum Gasteiger partial charge on any atom is -0.497 e. The average molecular weight is 396 g/mol. The van der Waals surface area contributed by atoms with Crippen LogP contribution >= 0.6 is 0 Å². The zero-order valence-corrected chi connectivity index (χ0v) is 17.3. The first kappa shape index (κ1) is 21.4. The third-order valence-corrected chi connectivity index (χ3v) is 7.02. The van der Waals surface area contributed by atoms with Crippen molar-refractivity contribution in [3.05, 3.63) is 35.9 Å². The first-order chi connectivity index (χ1) is 12.8. The smallest absolute Gasteiger partial charge is 0.323 e. The monoisotopic (exact) mass is 395 g/mol. The van der Waals surface area contributed by atoms with Gasteiger partial charge in [-0.3, -0.25) is 9.69 Å². The molecule has 1 fully saturated rings. The number of esters is 1. The van der Waals surface area contributed by atoms with Gasteiger partial charge < -0.3 is 9.47 Å². The quantitative estimate of drug-likeness (QED) is 0.522. The molecule has 1 aliphatic rings. The van der Waals surface area contributed by atoms with Crippen LogP contribution < -0.4 is 4.74 Å².